The van der Waals surface area contributed by atoms with Crippen LogP contribution in [-0.2, 0) is 17.9 Å². The lowest BCUT2D eigenvalue weighted by Crippen LogP contribution is -2.39. The van der Waals surface area contributed by atoms with Crippen molar-refractivity contribution in [1.29, 1.82) is 0 Å². The van der Waals surface area contributed by atoms with Crippen LogP contribution in [0, 0.1) is 0 Å². The monoisotopic (exact) mass is 479 g/mol. The summed E-state index contributed by atoms with van der Waals surface area (Å²) in [7, 11) is 1.86. The fourth-order valence-electron chi connectivity index (χ4n) is 3.44. The first-order valence-electron chi connectivity index (χ1n) is 9.46. The number of likely N-dealkylation sites (tertiary alicyclic amines) is 1. The summed E-state index contributed by atoms with van der Waals surface area (Å²) in [6.45, 7) is 6.31. The fourth-order valence-corrected chi connectivity index (χ4v) is 3.44. The van der Waals surface area contributed by atoms with E-state index in [2.05, 4.69) is 69.8 Å². The predicted molar refractivity (Wildman–Crippen MR) is 123 cm³/mol. The van der Waals surface area contributed by atoms with Crippen molar-refractivity contribution in [3.05, 3.63) is 71.3 Å². The van der Waals surface area contributed by atoms with Crippen molar-refractivity contribution < 1.29 is 4.74 Å². The molecule has 27 heavy (non-hydrogen) atoms. The van der Waals surface area contributed by atoms with Crippen LogP contribution in [0.25, 0.3) is 0 Å². The number of ether oxygens (including phenoxy) is 1. The number of nitrogens with zero attached hydrogens (tertiary/aromatic N) is 2. The molecule has 146 valence electrons. The molecule has 1 saturated heterocycles. The Bertz CT molecular complexity index is 703. The van der Waals surface area contributed by atoms with Crippen molar-refractivity contribution in [2.45, 2.75) is 32.4 Å². The van der Waals surface area contributed by atoms with E-state index in [9.17, 15) is 0 Å². The van der Waals surface area contributed by atoms with Crippen molar-refractivity contribution >= 4 is 29.9 Å². The molecule has 1 aliphatic heterocycles. The van der Waals surface area contributed by atoms with E-state index in [1.54, 1.807) is 0 Å². The summed E-state index contributed by atoms with van der Waals surface area (Å²) < 4.78 is 5.45. The maximum absolute atomic E-state index is 5.45. The van der Waals surface area contributed by atoms with Crippen LogP contribution in [0.1, 0.15) is 36.0 Å². The molecule has 2 aromatic carbocycles. The van der Waals surface area contributed by atoms with Gasteiger partial charge in [-0.2, -0.15) is 0 Å². The lowest BCUT2D eigenvalue weighted by atomic mass is 9.99. The van der Waals surface area contributed by atoms with E-state index < -0.39 is 0 Å². The summed E-state index contributed by atoms with van der Waals surface area (Å²) in [6.07, 6.45) is 1.18. The Hall–Kier alpha value is -1.60. The molecular weight excluding hydrogens is 449 g/mol. The van der Waals surface area contributed by atoms with Crippen molar-refractivity contribution in [3.63, 3.8) is 0 Å². The average molecular weight is 479 g/mol. The summed E-state index contributed by atoms with van der Waals surface area (Å²) in [5, 5.41) is 3.51. The van der Waals surface area contributed by atoms with Gasteiger partial charge in [0.05, 0.1) is 6.61 Å². The molecule has 5 heteroatoms. The second-order valence-corrected chi connectivity index (χ2v) is 6.70. The maximum atomic E-state index is 5.45. The van der Waals surface area contributed by atoms with Gasteiger partial charge in [0, 0.05) is 39.2 Å². The first kappa shape index (κ1) is 21.7. The first-order chi connectivity index (χ1) is 12.8. The molecule has 4 nitrogen and oxygen atoms in total. The minimum Gasteiger partial charge on any atom is -0.377 e. The number of nitrogens with one attached hydrogen (secondary N) is 1. The summed E-state index contributed by atoms with van der Waals surface area (Å²) >= 11 is 0. The van der Waals surface area contributed by atoms with Gasteiger partial charge in [0.25, 0.3) is 0 Å². The van der Waals surface area contributed by atoms with Crippen molar-refractivity contribution in [2.24, 2.45) is 4.99 Å². The van der Waals surface area contributed by atoms with Gasteiger partial charge in [-0.1, -0.05) is 54.6 Å². The Morgan fingerprint density at radius 2 is 1.81 bits per heavy atom. The molecular formula is C22H30IN3O. The highest BCUT2D eigenvalue weighted by Crippen LogP contribution is 2.26. The molecule has 2 aromatic rings. The van der Waals surface area contributed by atoms with Gasteiger partial charge >= 0.3 is 0 Å². The summed E-state index contributed by atoms with van der Waals surface area (Å²) in [6, 6.07) is 19.4. The molecule has 0 bridgehead atoms. The van der Waals surface area contributed by atoms with Crippen LogP contribution in [0.3, 0.4) is 0 Å². The van der Waals surface area contributed by atoms with Gasteiger partial charge in [-0.15, -0.1) is 24.0 Å². The number of hydrogen-bond donors (Lipinski definition) is 1. The SMILES string of the molecule is CCOCc1ccc(CNC(=NC)N2CCC(c3ccccc3)C2)cc1.I. The van der Waals surface area contributed by atoms with Crippen LogP contribution in [0.2, 0.25) is 0 Å². The Morgan fingerprint density at radius 3 is 2.48 bits per heavy atom. The number of hydrogen-bond acceptors (Lipinski definition) is 2. The molecule has 1 aliphatic rings. The number of halogens is 1. The standard InChI is InChI=1S/C22H29N3O.HI/c1-3-26-17-19-11-9-18(10-12-19)15-24-22(23-2)25-14-13-21(16-25)20-7-5-4-6-8-20;/h4-12,21H,3,13-17H2,1-2H3,(H,23,24);1H. The zero-order chi connectivity index (χ0) is 18.2. The Kier molecular flexibility index (Phi) is 9.07. The highest BCUT2D eigenvalue weighted by Gasteiger charge is 2.25. The average Bonchev–Trinajstić information content (AvgIpc) is 3.18. The largest absolute Gasteiger partial charge is 0.377 e. The van der Waals surface area contributed by atoms with Gasteiger partial charge < -0.3 is 15.0 Å². The predicted octanol–water partition coefficient (Wildman–Crippen LogP) is 4.41. The third kappa shape index (κ3) is 6.21. The van der Waals surface area contributed by atoms with E-state index in [1.165, 1.54) is 23.1 Å². The molecule has 0 saturated carbocycles. The van der Waals surface area contributed by atoms with E-state index in [0.717, 1.165) is 32.2 Å². The van der Waals surface area contributed by atoms with E-state index in [1.807, 2.05) is 14.0 Å². The second kappa shape index (κ2) is 11.3. The number of aliphatic imine (C=N–C) groups is 1. The Morgan fingerprint density at radius 1 is 1.11 bits per heavy atom. The second-order valence-electron chi connectivity index (χ2n) is 6.70. The van der Waals surface area contributed by atoms with E-state index in [4.69, 9.17) is 4.74 Å². The molecule has 1 N–H and O–H groups in total. The first-order valence-corrected chi connectivity index (χ1v) is 9.46. The highest BCUT2D eigenvalue weighted by molar-refractivity contribution is 14.0. The molecule has 0 radical (unpaired) electrons. The third-order valence-corrected chi connectivity index (χ3v) is 4.92. The number of guanidine groups is 1. The van der Waals surface area contributed by atoms with Crippen molar-refractivity contribution in [2.75, 3.05) is 26.7 Å². The minimum atomic E-state index is 0. The molecule has 0 spiro atoms. The van der Waals surface area contributed by atoms with Crippen LogP contribution >= 0.6 is 24.0 Å². The third-order valence-electron chi connectivity index (χ3n) is 4.92. The van der Waals surface area contributed by atoms with Crippen LogP contribution < -0.4 is 5.32 Å². The lowest BCUT2D eigenvalue weighted by Gasteiger charge is -2.22. The Labute approximate surface area is 180 Å². The maximum Gasteiger partial charge on any atom is 0.193 e. The minimum absolute atomic E-state index is 0. The van der Waals surface area contributed by atoms with Crippen LogP contribution in [0.15, 0.2) is 59.6 Å². The van der Waals surface area contributed by atoms with Gasteiger partial charge in [0.2, 0.25) is 0 Å². The zero-order valence-electron chi connectivity index (χ0n) is 16.2. The summed E-state index contributed by atoms with van der Waals surface area (Å²) in [4.78, 5) is 6.84. The lowest BCUT2D eigenvalue weighted by molar-refractivity contribution is 0.134. The summed E-state index contributed by atoms with van der Waals surface area (Å²) in [5.41, 5.74) is 3.89. The van der Waals surface area contributed by atoms with Gasteiger partial charge in [-0.25, -0.2) is 0 Å². The summed E-state index contributed by atoms with van der Waals surface area (Å²) in [5.74, 6) is 1.58. The van der Waals surface area contributed by atoms with E-state index >= 15 is 0 Å². The van der Waals surface area contributed by atoms with Crippen molar-refractivity contribution in [1.82, 2.24) is 10.2 Å². The smallest absolute Gasteiger partial charge is 0.193 e. The number of rotatable bonds is 6. The normalized spacial score (nSPS) is 16.9. The zero-order valence-corrected chi connectivity index (χ0v) is 18.6. The fraction of sp³-hybridized carbons (Fsp3) is 0.409. The molecule has 0 aliphatic carbocycles. The van der Waals surface area contributed by atoms with Crippen molar-refractivity contribution in [3.8, 4) is 0 Å². The van der Waals surface area contributed by atoms with Gasteiger partial charge in [-0.05, 0) is 30.0 Å². The van der Waals surface area contributed by atoms with Gasteiger partial charge in [0.15, 0.2) is 5.96 Å². The van der Waals surface area contributed by atoms with Crippen LogP contribution in [0.4, 0.5) is 0 Å². The molecule has 0 aromatic heterocycles. The van der Waals surface area contributed by atoms with E-state index in [-0.39, 0.29) is 24.0 Å². The molecule has 0 amide bonds. The highest BCUT2D eigenvalue weighted by atomic mass is 127. The topological polar surface area (TPSA) is 36.9 Å². The molecule has 1 heterocycles. The van der Waals surface area contributed by atoms with Crippen LogP contribution in [0.5, 0.6) is 0 Å². The van der Waals surface area contributed by atoms with Crippen LogP contribution in [-0.4, -0.2) is 37.6 Å². The molecule has 1 fully saturated rings. The molecule has 1 atom stereocenters. The van der Waals surface area contributed by atoms with Gasteiger partial charge in [0.1, 0.15) is 0 Å². The Balaban J connectivity index is 0.00000261. The number of benzene rings is 2. The molecule has 3 rings (SSSR count). The molecule has 1 unspecified atom stereocenters. The van der Waals surface area contributed by atoms with E-state index in [0.29, 0.717) is 12.5 Å². The quantitative estimate of drug-likeness (QED) is 0.379. The van der Waals surface area contributed by atoms with Gasteiger partial charge in [-0.3, -0.25) is 4.99 Å².